The first kappa shape index (κ1) is 26.5. The summed E-state index contributed by atoms with van der Waals surface area (Å²) in [4.78, 5) is 0. The van der Waals surface area contributed by atoms with E-state index in [2.05, 4.69) is 74.1 Å². The topological polar surface area (TPSA) is 102 Å². The lowest BCUT2D eigenvalue weighted by atomic mass is 10.7. The molecule has 1 aliphatic rings. The monoisotopic (exact) mass is 455 g/mol. The molecule has 0 unspecified atom stereocenters. The minimum atomic E-state index is -2.62. The van der Waals surface area contributed by atoms with E-state index in [-0.39, 0.29) is 0 Å². The van der Waals surface area contributed by atoms with Gasteiger partial charge in [-0.2, -0.15) is 13.5 Å². The van der Waals surface area contributed by atoms with E-state index < -0.39 is 22.5 Å². The average molecular weight is 456 g/mol. The van der Waals surface area contributed by atoms with Gasteiger partial charge in [0, 0.05) is 52.4 Å². The Hall–Kier alpha value is 0.450. The molecule has 0 saturated carbocycles. The first-order chi connectivity index (χ1) is 13.2. The summed E-state index contributed by atoms with van der Waals surface area (Å²) in [6.45, 7) is 23.9. The second-order valence-electron chi connectivity index (χ2n) is 6.59. The molecule has 1 aliphatic heterocycles. The van der Waals surface area contributed by atoms with Crippen LogP contribution >= 0.6 is 22.5 Å². The maximum Gasteiger partial charge on any atom is 0.221 e. The van der Waals surface area contributed by atoms with Crippen LogP contribution in [0.2, 0.25) is 0 Å². The molecular formula is C16H44N9P3. The molecule has 9 nitrogen and oxygen atoms in total. The molecule has 0 spiro atoms. The van der Waals surface area contributed by atoms with Crippen LogP contribution in [0.5, 0.6) is 0 Å². The van der Waals surface area contributed by atoms with Crippen molar-refractivity contribution in [3.8, 4) is 0 Å². The Morgan fingerprint density at radius 1 is 0.464 bits per heavy atom. The number of rotatable bonds is 12. The van der Waals surface area contributed by atoms with Crippen LogP contribution in [-0.2, 0) is 0 Å². The molecular weight excluding hydrogens is 411 g/mol. The SMILES string of the molecule is CCN(CC)P1(N(CC)CC)=N[P@](N)(N(CC)CC)=N[P@@](N)(N(CC)CC)=N1. The minimum Gasteiger partial charge on any atom is -0.267 e. The standard InChI is InChI=1S/C16H44N9P3/c1-9-22(10-2)26(17)19-27(18,23(11-3)12-4)21-28(20-26,24(13-5)14-6)25(15-7)16-8/h9-18H2,1-8H3/t26-,27-/m1/s1. The van der Waals surface area contributed by atoms with Gasteiger partial charge in [-0.1, -0.05) is 55.4 Å². The summed E-state index contributed by atoms with van der Waals surface area (Å²) in [5.74, 6) is 0. The summed E-state index contributed by atoms with van der Waals surface area (Å²) in [6, 6.07) is 0. The normalized spacial score (nSPS) is 27.2. The Kier molecular flexibility index (Phi) is 10.6. The molecule has 4 N–H and O–H groups in total. The third-order valence-corrected chi connectivity index (χ3v) is 16.9. The summed E-state index contributed by atoms with van der Waals surface area (Å²) in [6.07, 6.45) is 0. The highest BCUT2D eigenvalue weighted by Crippen LogP contribution is 2.77. The Balaban J connectivity index is 4.07. The molecule has 0 saturated heterocycles. The van der Waals surface area contributed by atoms with Crippen molar-refractivity contribution in [1.82, 2.24) is 18.7 Å². The summed E-state index contributed by atoms with van der Waals surface area (Å²) >= 11 is 0. The van der Waals surface area contributed by atoms with Crippen molar-refractivity contribution in [3.63, 3.8) is 0 Å². The molecule has 0 aromatic heterocycles. The zero-order chi connectivity index (χ0) is 21.6. The van der Waals surface area contributed by atoms with E-state index in [0.29, 0.717) is 0 Å². The van der Waals surface area contributed by atoms with E-state index in [4.69, 9.17) is 24.6 Å². The third kappa shape index (κ3) is 5.01. The smallest absolute Gasteiger partial charge is 0.221 e. The van der Waals surface area contributed by atoms with Gasteiger partial charge in [0.15, 0.2) is 0 Å². The van der Waals surface area contributed by atoms with Gasteiger partial charge in [0.25, 0.3) is 0 Å². The molecule has 0 radical (unpaired) electrons. The van der Waals surface area contributed by atoms with Crippen molar-refractivity contribution < 1.29 is 0 Å². The molecule has 2 atom stereocenters. The molecule has 1 heterocycles. The predicted octanol–water partition coefficient (Wildman–Crippen LogP) is 5.12. The first-order valence-electron chi connectivity index (χ1n) is 10.7. The zero-order valence-corrected chi connectivity index (χ0v) is 22.0. The van der Waals surface area contributed by atoms with E-state index in [1.54, 1.807) is 0 Å². The van der Waals surface area contributed by atoms with E-state index in [1.807, 2.05) is 0 Å². The Morgan fingerprint density at radius 2 is 0.750 bits per heavy atom. The average Bonchev–Trinajstić information content (AvgIpc) is 2.64. The van der Waals surface area contributed by atoms with Crippen molar-refractivity contribution in [1.29, 1.82) is 0 Å². The Morgan fingerprint density at radius 3 is 1.04 bits per heavy atom. The summed E-state index contributed by atoms with van der Waals surface area (Å²) in [7, 11) is -7.66. The Bertz CT molecular complexity index is 614. The van der Waals surface area contributed by atoms with Crippen molar-refractivity contribution in [2.45, 2.75) is 55.4 Å². The molecule has 0 amide bonds. The lowest BCUT2D eigenvalue weighted by Crippen LogP contribution is -2.35. The van der Waals surface area contributed by atoms with Gasteiger partial charge in [-0.05, 0) is 0 Å². The van der Waals surface area contributed by atoms with E-state index >= 15 is 0 Å². The maximum absolute atomic E-state index is 7.06. The van der Waals surface area contributed by atoms with Crippen LogP contribution in [0, 0.1) is 0 Å². The maximum atomic E-state index is 7.06. The van der Waals surface area contributed by atoms with Gasteiger partial charge >= 0.3 is 0 Å². The first-order valence-corrected chi connectivity index (χ1v) is 15.7. The number of hydrogen-bond acceptors (Lipinski definition) is 9. The Labute approximate surface area is 173 Å². The van der Waals surface area contributed by atoms with Crippen molar-refractivity contribution in [2.24, 2.45) is 24.6 Å². The van der Waals surface area contributed by atoms with Crippen LogP contribution in [-0.4, -0.2) is 71.0 Å². The highest BCUT2D eigenvalue weighted by Gasteiger charge is 2.43. The van der Waals surface area contributed by atoms with Crippen LogP contribution in [0.4, 0.5) is 0 Å². The van der Waals surface area contributed by atoms with Crippen molar-refractivity contribution >= 4 is 22.5 Å². The van der Waals surface area contributed by atoms with Gasteiger partial charge in [-0.3, -0.25) is 11.0 Å². The second kappa shape index (κ2) is 11.2. The predicted molar refractivity (Wildman–Crippen MR) is 128 cm³/mol. The lowest BCUT2D eigenvalue weighted by Gasteiger charge is -2.46. The van der Waals surface area contributed by atoms with Gasteiger partial charge < -0.3 is 0 Å². The molecule has 0 bridgehead atoms. The van der Waals surface area contributed by atoms with Gasteiger partial charge in [-0.15, -0.1) is 0 Å². The summed E-state index contributed by atoms with van der Waals surface area (Å²) in [5.41, 5.74) is 14.1. The molecule has 0 fully saturated rings. The van der Waals surface area contributed by atoms with E-state index in [9.17, 15) is 0 Å². The van der Waals surface area contributed by atoms with E-state index in [0.717, 1.165) is 52.4 Å². The van der Waals surface area contributed by atoms with Gasteiger partial charge in [0.1, 0.15) is 0 Å². The minimum absolute atomic E-state index is 0.808. The molecule has 0 aliphatic carbocycles. The molecule has 12 heteroatoms. The zero-order valence-electron chi connectivity index (χ0n) is 19.3. The largest absolute Gasteiger partial charge is 0.267 e. The molecule has 168 valence electrons. The van der Waals surface area contributed by atoms with E-state index in [1.165, 1.54) is 0 Å². The fraction of sp³-hybridized carbons (Fsp3) is 1.00. The third-order valence-electron chi connectivity index (χ3n) is 5.28. The molecule has 1 rings (SSSR count). The fourth-order valence-corrected chi connectivity index (χ4v) is 16.7. The van der Waals surface area contributed by atoms with Crippen molar-refractivity contribution in [3.05, 3.63) is 0 Å². The molecule has 0 aromatic rings. The van der Waals surface area contributed by atoms with Crippen LogP contribution < -0.4 is 11.0 Å². The summed E-state index contributed by atoms with van der Waals surface area (Å²) in [5, 5.41) is 0. The highest BCUT2D eigenvalue weighted by atomic mass is 31.3. The highest BCUT2D eigenvalue weighted by molar-refractivity contribution is 7.83. The van der Waals surface area contributed by atoms with Crippen LogP contribution in [0.25, 0.3) is 0 Å². The second-order valence-corrected chi connectivity index (χ2v) is 14.5. The molecule has 28 heavy (non-hydrogen) atoms. The van der Waals surface area contributed by atoms with Crippen LogP contribution in [0.1, 0.15) is 55.4 Å². The van der Waals surface area contributed by atoms with Crippen molar-refractivity contribution in [2.75, 3.05) is 52.4 Å². The fourth-order valence-electron chi connectivity index (χ4n) is 3.72. The van der Waals surface area contributed by atoms with Crippen LogP contribution in [0.15, 0.2) is 13.5 Å². The molecule has 0 aromatic carbocycles. The summed E-state index contributed by atoms with van der Waals surface area (Å²) < 4.78 is 25.1. The lowest BCUT2D eigenvalue weighted by molar-refractivity contribution is 0.413. The number of nitrogens with zero attached hydrogens (tertiary/aromatic N) is 7. The van der Waals surface area contributed by atoms with Crippen LogP contribution in [0.3, 0.4) is 0 Å². The number of hydrogen-bond donors (Lipinski definition) is 2. The van der Waals surface area contributed by atoms with Gasteiger partial charge in [0.05, 0.1) is 0 Å². The van der Waals surface area contributed by atoms with Gasteiger partial charge in [0.2, 0.25) is 22.5 Å². The quantitative estimate of drug-likeness (QED) is 0.396. The van der Waals surface area contributed by atoms with Gasteiger partial charge in [-0.25, -0.2) is 18.7 Å². The number of nitrogens with two attached hydrogens (primary N) is 2.